The van der Waals surface area contributed by atoms with Crippen LogP contribution in [0.4, 0.5) is 0 Å². The van der Waals surface area contributed by atoms with Gasteiger partial charge in [0.25, 0.3) is 0 Å². The second kappa shape index (κ2) is 8.20. The maximum atomic E-state index is 12.8. The number of hydrogen-bond acceptors (Lipinski definition) is 4. The van der Waals surface area contributed by atoms with Crippen LogP contribution in [0.5, 0.6) is 5.75 Å². The van der Waals surface area contributed by atoms with Gasteiger partial charge in [-0.25, -0.2) is 8.42 Å². The Morgan fingerprint density at radius 3 is 2.23 bits per heavy atom. The molecular weight excluding hydrogens is 348 g/mol. The molecule has 0 unspecified atom stereocenters. The molecule has 0 radical (unpaired) electrons. The topological polar surface area (TPSA) is 49.9 Å². The van der Waals surface area contributed by atoms with Crippen molar-refractivity contribution in [3.05, 3.63) is 59.7 Å². The summed E-state index contributed by atoms with van der Waals surface area (Å²) >= 11 is 0. The lowest BCUT2D eigenvalue weighted by atomic mass is 10.2. The molecule has 6 heteroatoms. The van der Waals surface area contributed by atoms with Gasteiger partial charge in [-0.2, -0.15) is 4.31 Å². The summed E-state index contributed by atoms with van der Waals surface area (Å²) in [4.78, 5) is 2.66. The molecule has 0 atom stereocenters. The van der Waals surface area contributed by atoms with E-state index in [9.17, 15) is 8.42 Å². The molecule has 5 nitrogen and oxygen atoms in total. The molecule has 0 aliphatic carbocycles. The molecule has 2 aromatic carbocycles. The van der Waals surface area contributed by atoms with E-state index in [1.54, 1.807) is 16.4 Å². The molecule has 140 valence electrons. The molecule has 0 amide bonds. The van der Waals surface area contributed by atoms with Crippen molar-refractivity contribution >= 4 is 10.0 Å². The Kier molecular flexibility index (Phi) is 5.96. The van der Waals surface area contributed by atoms with Crippen molar-refractivity contribution in [2.45, 2.75) is 18.7 Å². The summed E-state index contributed by atoms with van der Waals surface area (Å²) in [6, 6.07) is 15.2. The first-order chi connectivity index (χ1) is 12.5. The Morgan fingerprint density at radius 2 is 1.58 bits per heavy atom. The Bertz CT molecular complexity index is 826. The minimum absolute atomic E-state index is 0.413. The van der Waals surface area contributed by atoms with Gasteiger partial charge in [0.1, 0.15) is 12.4 Å². The molecule has 0 saturated carbocycles. The summed E-state index contributed by atoms with van der Waals surface area (Å²) in [6.07, 6.45) is 0. The van der Waals surface area contributed by atoms with Gasteiger partial charge in [0.15, 0.2) is 0 Å². The van der Waals surface area contributed by atoms with Crippen molar-refractivity contribution in [3.8, 4) is 5.75 Å². The number of benzene rings is 2. The van der Waals surface area contributed by atoms with E-state index in [0.29, 0.717) is 24.6 Å². The highest BCUT2D eigenvalue weighted by molar-refractivity contribution is 7.89. The van der Waals surface area contributed by atoms with Crippen LogP contribution in [-0.4, -0.2) is 57.0 Å². The van der Waals surface area contributed by atoms with Crippen LogP contribution in [-0.2, 0) is 10.0 Å². The number of rotatable bonds is 6. The van der Waals surface area contributed by atoms with Crippen LogP contribution in [0.1, 0.15) is 11.1 Å². The third kappa shape index (κ3) is 4.44. The fourth-order valence-corrected chi connectivity index (χ4v) is 4.75. The van der Waals surface area contributed by atoms with Crippen molar-refractivity contribution in [1.29, 1.82) is 0 Å². The largest absolute Gasteiger partial charge is 0.492 e. The minimum atomic E-state index is -3.41. The van der Waals surface area contributed by atoms with Crippen LogP contribution in [0.25, 0.3) is 0 Å². The van der Waals surface area contributed by atoms with Gasteiger partial charge in [-0.1, -0.05) is 35.9 Å². The number of hydrogen-bond donors (Lipinski definition) is 0. The third-order valence-electron chi connectivity index (χ3n) is 4.74. The quantitative estimate of drug-likeness (QED) is 0.780. The number of sulfonamides is 1. The van der Waals surface area contributed by atoms with E-state index in [2.05, 4.69) is 4.90 Å². The number of piperazine rings is 1. The molecule has 26 heavy (non-hydrogen) atoms. The number of nitrogens with zero attached hydrogens (tertiary/aromatic N) is 2. The van der Waals surface area contributed by atoms with E-state index in [1.807, 2.05) is 50.2 Å². The van der Waals surface area contributed by atoms with Gasteiger partial charge < -0.3 is 4.74 Å². The summed E-state index contributed by atoms with van der Waals surface area (Å²) in [5.41, 5.74) is 2.00. The van der Waals surface area contributed by atoms with E-state index in [4.69, 9.17) is 4.74 Å². The van der Waals surface area contributed by atoms with Gasteiger partial charge in [0.05, 0.1) is 4.90 Å². The first-order valence-corrected chi connectivity index (χ1v) is 10.4. The van der Waals surface area contributed by atoms with Gasteiger partial charge in [-0.05, 0) is 37.6 Å². The fourth-order valence-electron chi connectivity index (χ4n) is 3.11. The highest BCUT2D eigenvalue weighted by atomic mass is 32.2. The summed E-state index contributed by atoms with van der Waals surface area (Å²) < 4.78 is 33.0. The summed E-state index contributed by atoms with van der Waals surface area (Å²) in [7, 11) is -3.41. The van der Waals surface area contributed by atoms with Crippen molar-refractivity contribution in [2.24, 2.45) is 0 Å². The van der Waals surface area contributed by atoms with Crippen LogP contribution < -0.4 is 4.74 Å². The molecular formula is C20H26N2O3S. The maximum absolute atomic E-state index is 12.8. The minimum Gasteiger partial charge on any atom is -0.492 e. The normalized spacial score (nSPS) is 16.5. The first-order valence-electron chi connectivity index (χ1n) is 8.94. The predicted octanol–water partition coefficient (Wildman–Crippen LogP) is 2.69. The Morgan fingerprint density at radius 1 is 0.923 bits per heavy atom. The molecule has 1 aliphatic heterocycles. The van der Waals surface area contributed by atoms with Crippen LogP contribution in [0.3, 0.4) is 0 Å². The van der Waals surface area contributed by atoms with E-state index >= 15 is 0 Å². The van der Waals surface area contributed by atoms with E-state index in [-0.39, 0.29) is 0 Å². The number of aryl methyl sites for hydroxylation is 2. The summed E-state index contributed by atoms with van der Waals surface area (Å²) in [6.45, 7) is 7.77. The highest BCUT2D eigenvalue weighted by Crippen LogP contribution is 2.20. The smallest absolute Gasteiger partial charge is 0.243 e. The Balaban J connectivity index is 1.49. The van der Waals surface area contributed by atoms with Crippen molar-refractivity contribution in [3.63, 3.8) is 0 Å². The molecule has 1 heterocycles. The third-order valence-corrected chi connectivity index (χ3v) is 6.80. The molecule has 0 spiro atoms. The first kappa shape index (κ1) is 18.9. The summed E-state index contributed by atoms with van der Waals surface area (Å²) in [5.74, 6) is 0.872. The Hall–Kier alpha value is -1.89. The van der Waals surface area contributed by atoms with E-state index in [0.717, 1.165) is 30.9 Å². The zero-order valence-corrected chi connectivity index (χ0v) is 16.2. The average molecular weight is 375 g/mol. The zero-order chi connectivity index (χ0) is 18.6. The van der Waals surface area contributed by atoms with Crippen LogP contribution in [0.2, 0.25) is 0 Å². The van der Waals surface area contributed by atoms with Crippen LogP contribution >= 0.6 is 0 Å². The van der Waals surface area contributed by atoms with Gasteiger partial charge in [-0.15, -0.1) is 0 Å². The van der Waals surface area contributed by atoms with E-state index in [1.165, 1.54) is 5.56 Å². The summed E-state index contributed by atoms with van der Waals surface area (Å²) in [5, 5.41) is 0. The lowest BCUT2D eigenvalue weighted by Gasteiger charge is -2.34. The average Bonchev–Trinajstić information content (AvgIpc) is 2.64. The van der Waals surface area contributed by atoms with Gasteiger partial charge >= 0.3 is 0 Å². The standard InChI is InChI=1S/C20H26N2O3S/c1-17-7-9-19(10-8-17)25-16-15-21-11-13-22(14-12-21)26(23,24)20-6-4-3-5-18(20)2/h3-10H,11-16H2,1-2H3. The SMILES string of the molecule is Cc1ccc(OCCN2CCN(S(=O)(=O)c3ccccc3C)CC2)cc1. The number of ether oxygens (including phenoxy) is 1. The van der Waals surface area contributed by atoms with E-state index < -0.39 is 10.0 Å². The van der Waals surface area contributed by atoms with Gasteiger partial charge in [-0.3, -0.25) is 4.90 Å². The van der Waals surface area contributed by atoms with Crippen molar-refractivity contribution in [2.75, 3.05) is 39.3 Å². The fraction of sp³-hybridized carbons (Fsp3) is 0.400. The zero-order valence-electron chi connectivity index (χ0n) is 15.4. The van der Waals surface area contributed by atoms with Gasteiger partial charge in [0.2, 0.25) is 10.0 Å². The highest BCUT2D eigenvalue weighted by Gasteiger charge is 2.29. The Labute approximate surface area is 156 Å². The molecule has 1 saturated heterocycles. The maximum Gasteiger partial charge on any atom is 0.243 e. The second-order valence-electron chi connectivity index (χ2n) is 6.67. The molecule has 3 rings (SSSR count). The van der Waals surface area contributed by atoms with Crippen molar-refractivity contribution < 1.29 is 13.2 Å². The lowest BCUT2D eigenvalue weighted by Crippen LogP contribution is -2.49. The molecule has 1 aliphatic rings. The van der Waals surface area contributed by atoms with Gasteiger partial charge in [0, 0.05) is 32.7 Å². The molecule has 0 aromatic heterocycles. The predicted molar refractivity (Wildman–Crippen MR) is 103 cm³/mol. The van der Waals surface area contributed by atoms with Crippen LogP contribution in [0, 0.1) is 13.8 Å². The molecule has 2 aromatic rings. The lowest BCUT2D eigenvalue weighted by molar-refractivity contribution is 0.159. The molecule has 0 bridgehead atoms. The molecule has 0 N–H and O–H groups in total. The monoisotopic (exact) mass is 374 g/mol. The van der Waals surface area contributed by atoms with Crippen LogP contribution in [0.15, 0.2) is 53.4 Å². The van der Waals surface area contributed by atoms with Crippen molar-refractivity contribution in [1.82, 2.24) is 9.21 Å². The molecule has 1 fully saturated rings. The second-order valence-corrected chi connectivity index (χ2v) is 8.58.